The molecule has 0 aliphatic carbocycles. The number of aryl methyl sites for hydroxylation is 1. The standard InChI is InChI=1S/C10H12BrClO/c1-6-4-10(13-3)8(7(2)12)5-9(6)11/h4-5,7H,1-3H3. The summed E-state index contributed by atoms with van der Waals surface area (Å²) in [6.07, 6.45) is 0. The Morgan fingerprint density at radius 1 is 1.46 bits per heavy atom. The lowest BCUT2D eigenvalue weighted by molar-refractivity contribution is 0.409. The van der Waals surface area contributed by atoms with Crippen molar-refractivity contribution in [1.29, 1.82) is 0 Å². The molecule has 0 bridgehead atoms. The number of hydrogen-bond donors (Lipinski definition) is 0. The van der Waals surface area contributed by atoms with Gasteiger partial charge in [-0.1, -0.05) is 15.9 Å². The Morgan fingerprint density at radius 3 is 2.54 bits per heavy atom. The van der Waals surface area contributed by atoms with Gasteiger partial charge in [-0.2, -0.15) is 0 Å². The van der Waals surface area contributed by atoms with Crippen LogP contribution in [0.2, 0.25) is 0 Å². The molecule has 1 atom stereocenters. The van der Waals surface area contributed by atoms with Gasteiger partial charge in [-0.25, -0.2) is 0 Å². The molecular formula is C10H12BrClO. The van der Waals surface area contributed by atoms with Crippen molar-refractivity contribution in [3.8, 4) is 5.75 Å². The van der Waals surface area contributed by atoms with E-state index in [9.17, 15) is 0 Å². The van der Waals surface area contributed by atoms with Crippen LogP contribution in [0.3, 0.4) is 0 Å². The van der Waals surface area contributed by atoms with Crippen molar-refractivity contribution in [2.24, 2.45) is 0 Å². The van der Waals surface area contributed by atoms with Gasteiger partial charge in [0, 0.05) is 10.0 Å². The first-order valence-corrected chi connectivity index (χ1v) is 5.27. The van der Waals surface area contributed by atoms with Crippen LogP contribution in [-0.4, -0.2) is 7.11 Å². The third-order valence-electron chi connectivity index (χ3n) is 1.94. The average molecular weight is 264 g/mol. The molecule has 0 saturated heterocycles. The zero-order valence-corrected chi connectivity index (χ0v) is 10.2. The lowest BCUT2D eigenvalue weighted by Gasteiger charge is -2.12. The lowest BCUT2D eigenvalue weighted by atomic mass is 10.1. The van der Waals surface area contributed by atoms with Gasteiger partial charge in [0.2, 0.25) is 0 Å². The quantitative estimate of drug-likeness (QED) is 0.731. The molecule has 0 aliphatic rings. The van der Waals surface area contributed by atoms with Crippen LogP contribution in [0, 0.1) is 6.92 Å². The molecule has 0 radical (unpaired) electrons. The minimum Gasteiger partial charge on any atom is -0.496 e. The van der Waals surface area contributed by atoms with E-state index in [2.05, 4.69) is 15.9 Å². The molecule has 0 saturated carbocycles. The molecule has 0 heterocycles. The maximum absolute atomic E-state index is 6.01. The van der Waals surface area contributed by atoms with Gasteiger partial charge in [0.15, 0.2) is 0 Å². The predicted molar refractivity (Wildman–Crippen MR) is 59.7 cm³/mol. The summed E-state index contributed by atoms with van der Waals surface area (Å²) in [5.41, 5.74) is 2.17. The second kappa shape index (κ2) is 4.34. The second-order valence-corrected chi connectivity index (χ2v) is 4.47. The van der Waals surface area contributed by atoms with Gasteiger partial charge in [-0.05, 0) is 31.5 Å². The molecule has 0 N–H and O–H groups in total. The number of hydrogen-bond acceptors (Lipinski definition) is 1. The van der Waals surface area contributed by atoms with Crippen LogP contribution in [0.4, 0.5) is 0 Å². The fourth-order valence-electron chi connectivity index (χ4n) is 1.16. The summed E-state index contributed by atoms with van der Waals surface area (Å²) < 4.78 is 6.30. The predicted octanol–water partition coefficient (Wildman–Crippen LogP) is 4.07. The molecule has 1 aromatic carbocycles. The number of alkyl halides is 1. The van der Waals surface area contributed by atoms with Gasteiger partial charge < -0.3 is 4.74 Å². The summed E-state index contributed by atoms with van der Waals surface area (Å²) in [4.78, 5) is 0. The van der Waals surface area contributed by atoms with E-state index in [1.54, 1.807) is 7.11 Å². The van der Waals surface area contributed by atoms with E-state index in [1.165, 1.54) is 0 Å². The highest BCUT2D eigenvalue weighted by molar-refractivity contribution is 9.10. The summed E-state index contributed by atoms with van der Waals surface area (Å²) in [6.45, 7) is 3.95. The molecule has 13 heavy (non-hydrogen) atoms. The largest absolute Gasteiger partial charge is 0.496 e. The van der Waals surface area contributed by atoms with Crippen LogP contribution < -0.4 is 4.74 Å². The smallest absolute Gasteiger partial charge is 0.123 e. The third-order valence-corrected chi connectivity index (χ3v) is 3.03. The Balaban J connectivity index is 3.25. The van der Waals surface area contributed by atoms with Crippen molar-refractivity contribution in [3.63, 3.8) is 0 Å². The molecule has 0 amide bonds. The normalized spacial score (nSPS) is 12.7. The molecular weight excluding hydrogens is 251 g/mol. The monoisotopic (exact) mass is 262 g/mol. The molecule has 0 aliphatic heterocycles. The van der Waals surface area contributed by atoms with Crippen LogP contribution in [-0.2, 0) is 0 Å². The molecule has 0 aromatic heterocycles. The van der Waals surface area contributed by atoms with E-state index < -0.39 is 0 Å². The van der Waals surface area contributed by atoms with Crippen LogP contribution in [0.5, 0.6) is 5.75 Å². The minimum absolute atomic E-state index is 0.0353. The summed E-state index contributed by atoms with van der Waals surface area (Å²) in [7, 11) is 1.66. The van der Waals surface area contributed by atoms with E-state index in [0.29, 0.717) is 0 Å². The Kier molecular flexibility index (Phi) is 3.63. The van der Waals surface area contributed by atoms with Crippen molar-refractivity contribution < 1.29 is 4.74 Å². The first-order valence-electron chi connectivity index (χ1n) is 4.04. The molecule has 0 spiro atoms. The zero-order valence-electron chi connectivity index (χ0n) is 7.90. The first-order chi connectivity index (χ1) is 6.06. The SMILES string of the molecule is COc1cc(C)c(Br)cc1C(C)Cl. The number of methoxy groups -OCH3 is 1. The number of ether oxygens (including phenoxy) is 1. The molecule has 1 rings (SSSR count). The summed E-state index contributed by atoms with van der Waals surface area (Å²) in [6, 6.07) is 3.99. The number of rotatable bonds is 2. The van der Waals surface area contributed by atoms with E-state index >= 15 is 0 Å². The Bertz CT molecular complexity index is 310. The summed E-state index contributed by atoms with van der Waals surface area (Å²) in [5.74, 6) is 0.850. The first kappa shape index (κ1) is 10.9. The number of halogens is 2. The van der Waals surface area contributed by atoms with Crippen molar-refractivity contribution >= 4 is 27.5 Å². The van der Waals surface area contributed by atoms with E-state index in [1.807, 2.05) is 26.0 Å². The zero-order chi connectivity index (χ0) is 10.0. The molecule has 72 valence electrons. The fraction of sp³-hybridized carbons (Fsp3) is 0.400. The molecule has 1 unspecified atom stereocenters. The third kappa shape index (κ3) is 2.38. The Labute approximate surface area is 92.2 Å². The van der Waals surface area contributed by atoms with Crippen LogP contribution >= 0.6 is 27.5 Å². The maximum Gasteiger partial charge on any atom is 0.123 e. The van der Waals surface area contributed by atoms with E-state index in [4.69, 9.17) is 16.3 Å². The van der Waals surface area contributed by atoms with Crippen LogP contribution in [0.15, 0.2) is 16.6 Å². The fourth-order valence-corrected chi connectivity index (χ4v) is 1.69. The topological polar surface area (TPSA) is 9.23 Å². The van der Waals surface area contributed by atoms with Crippen LogP contribution in [0.25, 0.3) is 0 Å². The van der Waals surface area contributed by atoms with Crippen molar-refractivity contribution in [2.45, 2.75) is 19.2 Å². The van der Waals surface area contributed by atoms with Gasteiger partial charge in [-0.15, -0.1) is 11.6 Å². The van der Waals surface area contributed by atoms with Crippen molar-refractivity contribution in [3.05, 3.63) is 27.7 Å². The van der Waals surface area contributed by atoms with Gasteiger partial charge in [-0.3, -0.25) is 0 Å². The van der Waals surface area contributed by atoms with Crippen LogP contribution in [0.1, 0.15) is 23.4 Å². The highest BCUT2D eigenvalue weighted by Crippen LogP contribution is 2.33. The van der Waals surface area contributed by atoms with Crippen molar-refractivity contribution in [1.82, 2.24) is 0 Å². The van der Waals surface area contributed by atoms with Gasteiger partial charge >= 0.3 is 0 Å². The Hall–Kier alpha value is -0.210. The molecule has 1 nitrogen and oxygen atoms in total. The maximum atomic E-state index is 6.01. The van der Waals surface area contributed by atoms with Gasteiger partial charge in [0.1, 0.15) is 5.75 Å². The van der Waals surface area contributed by atoms with Gasteiger partial charge in [0.05, 0.1) is 12.5 Å². The average Bonchev–Trinajstić information content (AvgIpc) is 2.08. The molecule has 0 fully saturated rings. The summed E-state index contributed by atoms with van der Waals surface area (Å²) >= 11 is 9.47. The second-order valence-electron chi connectivity index (χ2n) is 2.96. The Morgan fingerprint density at radius 2 is 2.08 bits per heavy atom. The molecule has 1 aromatic rings. The van der Waals surface area contributed by atoms with E-state index in [0.717, 1.165) is 21.3 Å². The summed E-state index contributed by atoms with van der Waals surface area (Å²) in [5, 5.41) is -0.0353. The highest BCUT2D eigenvalue weighted by atomic mass is 79.9. The number of benzene rings is 1. The van der Waals surface area contributed by atoms with Gasteiger partial charge in [0.25, 0.3) is 0 Å². The van der Waals surface area contributed by atoms with Crippen molar-refractivity contribution in [2.75, 3.05) is 7.11 Å². The van der Waals surface area contributed by atoms with E-state index in [-0.39, 0.29) is 5.38 Å². The minimum atomic E-state index is -0.0353. The lowest BCUT2D eigenvalue weighted by Crippen LogP contribution is -1.94. The molecule has 3 heteroatoms. The highest BCUT2D eigenvalue weighted by Gasteiger charge is 2.10.